The molecule has 1 amide bonds. The van der Waals surface area contributed by atoms with Crippen LogP contribution in [0.3, 0.4) is 0 Å². The zero-order valence-electron chi connectivity index (χ0n) is 13.9. The molecule has 0 radical (unpaired) electrons. The molecule has 0 unspecified atom stereocenters. The Hall–Kier alpha value is -2.67. The van der Waals surface area contributed by atoms with E-state index < -0.39 is 12.1 Å². The minimum absolute atomic E-state index is 0.248. The quantitative estimate of drug-likeness (QED) is 0.574. The first-order chi connectivity index (χ1) is 12.2. The number of carbonyl (C=O) groups is 2. The van der Waals surface area contributed by atoms with Crippen molar-refractivity contribution in [2.45, 2.75) is 20.0 Å². The Balaban J connectivity index is 1.64. The molecular formula is C18H20N2O4S. The van der Waals surface area contributed by atoms with Crippen molar-refractivity contribution in [1.82, 2.24) is 10.3 Å². The number of hydrogen-bond acceptors (Lipinski definition) is 6. The number of thiazole rings is 1. The minimum atomic E-state index is -0.448. The topological polar surface area (TPSA) is 77.5 Å². The smallest absolute Gasteiger partial charge is 0.407 e. The lowest BCUT2D eigenvalue weighted by molar-refractivity contribution is 0.0520. The first-order valence-electron chi connectivity index (χ1n) is 7.92. The Kier molecular flexibility index (Phi) is 7.65. The van der Waals surface area contributed by atoms with E-state index in [0.717, 1.165) is 10.6 Å². The van der Waals surface area contributed by atoms with Crippen LogP contribution in [-0.4, -0.2) is 30.2 Å². The fraction of sp³-hybridized carbons (Fsp3) is 0.278. The van der Waals surface area contributed by atoms with Crippen LogP contribution in [0.1, 0.15) is 34.4 Å². The van der Waals surface area contributed by atoms with Crippen molar-refractivity contribution >= 4 is 29.5 Å². The number of nitrogens with zero attached hydrogens (tertiary/aromatic N) is 1. The van der Waals surface area contributed by atoms with Gasteiger partial charge in [0.15, 0.2) is 5.69 Å². The summed E-state index contributed by atoms with van der Waals surface area (Å²) in [4.78, 5) is 27.2. The Bertz CT molecular complexity index is 713. The molecule has 0 saturated carbocycles. The Morgan fingerprint density at radius 3 is 2.80 bits per heavy atom. The van der Waals surface area contributed by atoms with Crippen LogP contribution in [0.5, 0.6) is 0 Å². The zero-order chi connectivity index (χ0) is 17.9. The van der Waals surface area contributed by atoms with Gasteiger partial charge in [0.05, 0.1) is 6.61 Å². The van der Waals surface area contributed by atoms with E-state index in [-0.39, 0.29) is 6.61 Å². The normalized spacial score (nSPS) is 10.6. The predicted octanol–water partition coefficient (Wildman–Crippen LogP) is 3.65. The van der Waals surface area contributed by atoms with Crippen LogP contribution in [0.15, 0.2) is 41.8 Å². The van der Waals surface area contributed by atoms with Gasteiger partial charge in [-0.25, -0.2) is 14.6 Å². The van der Waals surface area contributed by atoms with Crippen LogP contribution in [0.25, 0.3) is 6.08 Å². The Labute approximate surface area is 150 Å². The van der Waals surface area contributed by atoms with Crippen LogP contribution in [0, 0.1) is 0 Å². The van der Waals surface area contributed by atoms with Crippen LogP contribution < -0.4 is 5.32 Å². The Morgan fingerprint density at radius 1 is 1.24 bits per heavy atom. The summed E-state index contributed by atoms with van der Waals surface area (Å²) in [5.74, 6) is -0.416. The van der Waals surface area contributed by atoms with Gasteiger partial charge in [-0.15, -0.1) is 11.3 Å². The number of nitrogens with one attached hydrogen (secondary N) is 1. The second-order valence-electron chi connectivity index (χ2n) is 4.97. The van der Waals surface area contributed by atoms with Crippen molar-refractivity contribution in [3.05, 3.63) is 58.1 Å². The van der Waals surface area contributed by atoms with Gasteiger partial charge in [-0.05, 0) is 25.0 Å². The van der Waals surface area contributed by atoms with Crippen molar-refractivity contribution in [1.29, 1.82) is 0 Å². The van der Waals surface area contributed by atoms with E-state index in [2.05, 4.69) is 10.3 Å². The summed E-state index contributed by atoms with van der Waals surface area (Å²) in [6, 6.07) is 9.50. The second kappa shape index (κ2) is 10.2. The number of alkyl carbamates (subject to hydrolysis) is 1. The number of aromatic nitrogens is 1. The molecule has 1 heterocycles. The molecule has 0 fully saturated rings. The molecule has 2 rings (SSSR count). The van der Waals surface area contributed by atoms with E-state index in [1.165, 1.54) is 11.3 Å². The van der Waals surface area contributed by atoms with Gasteiger partial charge in [0.1, 0.15) is 11.6 Å². The highest BCUT2D eigenvalue weighted by Crippen LogP contribution is 2.12. The molecule has 0 bridgehead atoms. The molecule has 2 aromatic rings. The highest BCUT2D eigenvalue weighted by atomic mass is 32.1. The van der Waals surface area contributed by atoms with Gasteiger partial charge in [-0.2, -0.15) is 0 Å². The summed E-state index contributed by atoms with van der Waals surface area (Å²) in [5, 5.41) is 5.06. The highest BCUT2D eigenvalue weighted by molar-refractivity contribution is 7.10. The SMILES string of the molecule is CCOC(=O)c1csc(C=CCCNC(=O)OCc2ccccc2)n1. The molecule has 1 aromatic carbocycles. The van der Waals surface area contributed by atoms with Gasteiger partial charge in [0.25, 0.3) is 0 Å². The number of benzene rings is 1. The van der Waals surface area contributed by atoms with Crippen molar-refractivity contribution in [2.24, 2.45) is 0 Å². The summed E-state index contributed by atoms with van der Waals surface area (Å²) in [7, 11) is 0. The number of ether oxygens (including phenoxy) is 2. The van der Waals surface area contributed by atoms with Crippen LogP contribution in [-0.2, 0) is 16.1 Å². The van der Waals surface area contributed by atoms with Gasteiger partial charge in [0, 0.05) is 11.9 Å². The Morgan fingerprint density at radius 2 is 2.04 bits per heavy atom. The molecule has 25 heavy (non-hydrogen) atoms. The molecule has 0 atom stereocenters. The van der Waals surface area contributed by atoms with Crippen LogP contribution >= 0.6 is 11.3 Å². The zero-order valence-corrected chi connectivity index (χ0v) is 14.8. The highest BCUT2D eigenvalue weighted by Gasteiger charge is 2.09. The summed E-state index contributed by atoms with van der Waals surface area (Å²) >= 11 is 1.36. The average molecular weight is 360 g/mol. The molecule has 132 valence electrons. The third kappa shape index (κ3) is 6.76. The molecule has 0 saturated heterocycles. The maximum atomic E-state index is 11.6. The molecule has 1 N–H and O–H groups in total. The van der Waals surface area contributed by atoms with Gasteiger partial charge < -0.3 is 14.8 Å². The maximum Gasteiger partial charge on any atom is 0.407 e. The summed E-state index contributed by atoms with van der Waals surface area (Å²) < 4.78 is 10.00. The predicted molar refractivity (Wildman–Crippen MR) is 96.4 cm³/mol. The lowest BCUT2D eigenvalue weighted by atomic mass is 10.2. The van der Waals surface area contributed by atoms with Crippen molar-refractivity contribution < 1.29 is 19.1 Å². The number of carbonyl (C=O) groups excluding carboxylic acids is 2. The van der Waals surface area contributed by atoms with Gasteiger partial charge in [-0.1, -0.05) is 36.4 Å². The van der Waals surface area contributed by atoms with E-state index in [0.29, 0.717) is 25.3 Å². The lowest BCUT2D eigenvalue weighted by Gasteiger charge is -2.05. The fourth-order valence-corrected chi connectivity index (χ4v) is 2.59. The molecule has 0 aliphatic carbocycles. The van der Waals surface area contributed by atoms with Crippen molar-refractivity contribution in [3.63, 3.8) is 0 Å². The van der Waals surface area contributed by atoms with E-state index in [9.17, 15) is 9.59 Å². The van der Waals surface area contributed by atoms with E-state index in [1.54, 1.807) is 12.3 Å². The van der Waals surface area contributed by atoms with Crippen molar-refractivity contribution in [2.75, 3.05) is 13.2 Å². The van der Waals surface area contributed by atoms with Gasteiger partial charge >= 0.3 is 12.1 Å². The van der Waals surface area contributed by atoms with Gasteiger partial charge in [0.2, 0.25) is 0 Å². The molecular weight excluding hydrogens is 340 g/mol. The minimum Gasteiger partial charge on any atom is -0.461 e. The fourth-order valence-electron chi connectivity index (χ4n) is 1.88. The molecule has 0 aliphatic rings. The molecule has 7 heteroatoms. The second-order valence-corrected chi connectivity index (χ2v) is 5.86. The lowest BCUT2D eigenvalue weighted by Crippen LogP contribution is -2.24. The standard InChI is InChI=1S/C18H20N2O4S/c1-2-23-17(21)15-13-25-16(20-15)10-6-7-11-19-18(22)24-12-14-8-4-3-5-9-14/h3-6,8-10,13H,2,7,11-12H2,1H3,(H,19,22). The van der Waals surface area contributed by atoms with Gasteiger partial charge in [-0.3, -0.25) is 0 Å². The summed E-state index contributed by atoms with van der Waals surface area (Å²) in [6.07, 6.45) is 3.88. The van der Waals surface area contributed by atoms with Crippen molar-refractivity contribution in [3.8, 4) is 0 Å². The summed E-state index contributed by atoms with van der Waals surface area (Å²) in [5.41, 5.74) is 1.26. The average Bonchev–Trinajstić information content (AvgIpc) is 3.10. The molecule has 0 aliphatic heterocycles. The van der Waals surface area contributed by atoms with Crippen LogP contribution in [0.2, 0.25) is 0 Å². The number of rotatable bonds is 8. The first-order valence-corrected chi connectivity index (χ1v) is 8.80. The largest absolute Gasteiger partial charge is 0.461 e. The third-order valence-corrected chi connectivity index (χ3v) is 3.87. The number of esters is 1. The van der Waals surface area contributed by atoms with Crippen LogP contribution in [0.4, 0.5) is 4.79 Å². The third-order valence-electron chi connectivity index (χ3n) is 3.06. The van der Waals surface area contributed by atoms with E-state index >= 15 is 0 Å². The van der Waals surface area contributed by atoms with E-state index in [1.807, 2.05) is 42.5 Å². The first kappa shape index (κ1) is 18.7. The number of hydrogen-bond donors (Lipinski definition) is 1. The molecule has 0 spiro atoms. The summed E-state index contributed by atoms with van der Waals surface area (Å²) in [6.45, 7) is 2.79. The monoisotopic (exact) mass is 360 g/mol. The maximum absolute atomic E-state index is 11.6. The molecule has 6 nitrogen and oxygen atoms in total. The number of amides is 1. The van der Waals surface area contributed by atoms with E-state index in [4.69, 9.17) is 9.47 Å². The molecule has 1 aromatic heterocycles.